The van der Waals surface area contributed by atoms with Crippen LogP contribution < -0.4 is 11.1 Å². The van der Waals surface area contributed by atoms with Gasteiger partial charge in [0.15, 0.2) is 0 Å². The van der Waals surface area contributed by atoms with Gasteiger partial charge in [0.05, 0.1) is 5.70 Å². The number of nitrogens with two attached hydrogens (primary N) is 1. The molecular weight excluding hydrogens is 120 g/mol. The molecule has 4 nitrogen and oxygen atoms in total. The molecule has 0 saturated heterocycles. The number of carbonyl (C=O) groups is 2. The minimum Gasteiger partial charge on any atom is -0.395 e. The highest BCUT2D eigenvalue weighted by molar-refractivity contribution is 6.06. The average Bonchev–Trinajstić information content (AvgIpc) is 1.80. The fourth-order valence-corrected chi connectivity index (χ4v) is 0.545. The van der Waals surface area contributed by atoms with Gasteiger partial charge in [-0.25, -0.2) is 0 Å². The summed E-state index contributed by atoms with van der Waals surface area (Å²) < 4.78 is 0. The molecule has 1 rings (SSSR count). The van der Waals surface area contributed by atoms with Crippen LogP contribution in [0, 0.1) is 0 Å². The van der Waals surface area contributed by atoms with Crippen molar-refractivity contribution in [3.05, 3.63) is 11.8 Å². The largest absolute Gasteiger partial charge is 0.395 e. The summed E-state index contributed by atoms with van der Waals surface area (Å²) in [5.41, 5.74) is 5.26. The quantitative estimate of drug-likeness (QED) is 0.403. The summed E-state index contributed by atoms with van der Waals surface area (Å²) in [5.74, 6) is -0.791. The minimum atomic E-state index is -0.494. The first kappa shape index (κ1) is 5.81. The van der Waals surface area contributed by atoms with Gasteiger partial charge >= 0.3 is 0 Å². The Morgan fingerprint density at radius 1 is 1.56 bits per heavy atom. The fourth-order valence-electron chi connectivity index (χ4n) is 0.545. The van der Waals surface area contributed by atoms with Crippen LogP contribution in [0.15, 0.2) is 11.8 Å². The third-order valence-corrected chi connectivity index (χ3v) is 1.02. The molecule has 1 heterocycles. The van der Waals surface area contributed by atoms with Crippen molar-refractivity contribution in [3.63, 3.8) is 0 Å². The van der Waals surface area contributed by atoms with Crippen LogP contribution in [0.25, 0.3) is 0 Å². The van der Waals surface area contributed by atoms with Crippen molar-refractivity contribution in [2.75, 3.05) is 0 Å². The first-order valence-corrected chi connectivity index (χ1v) is 2.50. The Morgan fingerprint density at radius 3 is 2.67 bits per heavy atom. The minimum absolute atomic E-state index is 0.120. The Morgan fingerprint density at radius 2 is 2.22 bits per heavy atom. The van der Waals surface area contributed by atoms with Crippen molar-refractivity contribution in [1.29, 1.82) is 0 Å². The fraction of sp³-hybridized carbons (Fsp3) is 0.200. The first-order chi connectivity index (χ1) is 4.20. The number of hydrogen-bond donors (Lipinski definition) is 2. The van der Waals surface area contributed by atoms with Crippen molar-refractivity contribution in [2.24, 2.45) is 5.73 Å². The van der Waals surface area contributed by atoms with Crippen LogP contribution in [0.5, 0.6) is 0 Å². The van der Waals surface area contributed by atoms with Gasteiger partial charge in [0.25, 0.3) is 5.91 Å². The molecule has 4 heteroatoms. The van der Waals surface area contributed by atoms with Crippen LogP contribution in [0.3, 0.4) is 0 Å². The summed E-state index contributed by atoms with van der Waals surface area (Å²) >= 11 is 0. The van der Waals surface area contributed by atoms with Crippen molar-refractivity contribution in [3.8, 4) is 0 Å². The third-order valence-electron chi connectivity index (χ3n) is 1.02. The van der Waals surface area contributed by atoms with E-state index in [-0.39, 0.29) is 18.0 Å². The Labute approximate surface area is 51.7 Å². The van der Waals surface area contributed by atoms with E-state index in [1.165, 1.54) is 6.08 Å². The summed E-state index contributed by atoms with van der Waals surface area (Å²) in [6, 6.07) is 0. The Kier molecular flexibility index (Phi) is 1.22. The highest BCUT2D eigenvalue weighted by atomic mass is 16.2. The molecule has 3 N–H and O–H groups in total. The van der Waals surface area contributed by atoms with Gasteiger partial charge in [-0.3, -0.25) is 14.9 Å². The number of hydrogen-bond acceptors (Lipinski definition) is 3. The molecule has 9 heavy (non-hydrogen) atoms. The zero-order chi connectivity index (χ0) is 6.85. The lowest BCUT2D eigenvalue weighted by Crippen LogP contribution is -2.37. The monoisotopic (exact) mass is 126 g/mol. The lowest BCUT2D eigenvalue weighted by atomic mass is 10.2. The summed E-state index contributed by atoms with van der Waals surface area (Å²) in [4.78, 5) is 20.9. The zero-order valence-electron chi connectivity index (χ0n) is 4.68. The molecule has 0 atom stereocenters. The van der Waals surface area contributed by atoms with Crippen LogP contribution in [-0.4, -0.2) is 11.8 Å². The molecule has 0 aliphatic carbocycles. The molecule has 0 spiro atoms. The molecule has 0 aromatic rings. The van der Waals surface area contributed by atoms with Crippen LogP contribution in [0.4, 0.5) is 0 Å². The molecule has 1 aliphatic rings. The molecule has 0 unspecified atom stereocenters. The van der Waals surface area contributed by atoms with Crippen LogP contribution >= 0.6 is 0 Å². The molecule has 0 saturated carbocycles. The van der Waals surface area contributed by atoms with E-state index in [9.17, 15) is 9.59 Å². The average molecular weight is 126 g/mol. The third kappa shape index (κ3) is 1.07. The number of carbonyl (C=O) groups excluding carboxylic acids is 2. The Hall–Kier alpha value is -1.32. The second kappa shape index (κ2) is 1.89. The first-order valence-electron chi connectivity index (χ1n) is 2.50. The maximum atomic E-state index is 10.5. The van der Waals surface area contributed by atoms with Gasteiger partial charge in [-0.15, -0.1) is 0 Å². The van der Waals surface area contributed by atoms with E-state index >= 15 is 0 Å². The Balaban J connectivity index is 2.79. The predicted molar refractivity (Wildman–Crippen MR) is 30.0 cm³/mol. The van der Waals surface area contributed by atoms with E-state index in [4.69, 9.17) is 5.73 Å². The summed E-state index contributed by atoms with van der Waals surface area (Å²) in [7, 11) is 0. The topological polar surface area (TPSA) is 72.2 Å². The smallest absolute Gasteiger partial charge is 0.273 e. The standard InChI is InChI=1S/C5H6N2O2/c6-3-1-2-4(8)7-5(3)9/h1H,2,6H2,(H,7,8,9). The maximum absolute atomic E-state index is 10.5. The molecule has 2 amide bonds. The van der Waals surface area contributed by atoms with E-state index < -0.39 is 5.91 Å². The summed E-state index contributed by atoms with van der Waals surface area (Å²) in [6.07, 6.45) is 1.61. The van der Waals surface area contributed by atoms with Gasteiger partial charge in [-0.05, 0) is 6.08 Å². The molecule has 0 aromatic carbocycles. The Bertz CT molecular complexity index is 195. The normalized spacial score (nSPS) is 18.9. The lowest BCUT2D eigenvalue weighted by molar-refractivity contribution is -0.128. The molecular formula is C5H6N2O2. The number of nitrogens with one attached hydrogen (secondary N) is 1. The van der Waals surface area contributed by atoms with Crippen LogP contribution in [-0.2, 0) is 9.59 Å². The SMILES string of the molecule is NC1=CCC(=O)NC1=O. The number of imide groups is 1. The second-order valence-corrected chi connectivity index (χ2v) is 1.74. The van der Waals surface area contributed by atoms with Crippen molar-refractivity contribution in [2.45, 2.75) is 6.42 Å². The highest BCUT2D eigenvalue weighted by Crippen LogP contribution is 1.95. The van der Waals surface area contributed by atoms with E-state index in [2.05, 4.69) is 5.32 Å². The molecule has 0 bridgehead atoms. The van der Waals surface area contributed by atoms with Gasteiger partial charge in [0.1, 0.15) is 0 Å². The zero-order valence-corrected chi connectivity index (χ0v) is 4.68. The van der Waals surface area contributed by atoms with Gasteiger partial charge in [0, 0.05) is 6.42 Å². The van der Waals surface area contributed by atoms with Gasteiger partial charge in [0.2, 0.25) is 5.91 Å². The van der Waals surface area contributed by atoms with E-state index in [1.54, 1.807) is 0 Å². The molecule has 1 aliphatic heterocycles. The van der Waals surface area contributed by atoms with E-state index in [0.29, 0.717) is 0 Å². The van der Waals surface area contributed by atoms with E-state index in [0.717, 1.165) is 0 Å². The summed E-state index contributed by atoms with van der Waals surface area (Å²) in [5, 5.41) is 2.06. The van der Waals surface area contributed by atoms with Gasteiger partial charge < -0.3 is 5.73 Å². The van der Waals surface area contributed by atoms with Crippen molar-refractivity contribution < 1.29 is 9.59 Å². The summed E-state index contributed by atoms with van der Waals surface area (Å²) in [6.45, 7) is 0. The van der Waals surface area contributed by atoms with E-state index in [1.807, 2.05) is 0 Å². The van der Waals surface area contributed by atoms with Gasteiger partial charge in [-0.2, -0.15) is 0 Å². The predicted octanol–water partition coefficient (Wildman–Crippen LogP) is -1.12. The molecule has 0 fully saturated rings. The lowest BCUT2D eigenvalue weighted by Gasteiger charge is -2.06. The van der Waals surface area contributed by atoms with Crippen molar-refractivity contribution >= 4 is 11.8 Å². The maximum Gasteiger partial charge on any atom is 0.273 e. The molecule has 0 aromatic heterocycles. The number of rotatable bonds is 0. The van der Waals surface area contributed by atoms with Crippen molar-refractivity contribution in [1.82, 2.24) is 5.32 Å². The van der Waals surface area contributed by atoms with Crippen LogP contribution in [0.1, 0.15) is 6.42 Å². The second-order valence-electron chi connectivity index (χ2n) is 1.74. The molecule has 0 radical (unpaired) electrons. The molecule has 48 valence electrons. The highest BCUT2D eigenvalue weighted by Gasteiger charge is 2.14. The van der Waals surface area contributed by atoms with Crippen LogP contribution in [0.2, 0.25) is 0 Å². The van der Waals surface area contributed by atoms with Gasteiger partial charge in [-0.1, -0.05) is 0 Å². The number of amides is 2.